The highest BCUT2D eigenvalue weighted by molar-refractivity contribution is 5.82. The first-order chi connectivity index (χ1) is 9.06. The van der Waals surface area contributed by atoms with Gasteiger partial charge in [-0.05, 0) is 20.3 Å². The van der Waals surface area contributed by atoms with Crippen molar-refractivity contribution in [2.45, 2.75) is 32.0 Å². The zero-order chi connectivity index (χ0) is 15.3. The second kappa shape index (κ2) is 4.47. The van der Waals surface area contributed by atoms with Crippen molar-refractivity contribution in [2.75, 3.05) is 13.1 Å². The lowest BCUT2D eigenvalue weighted by Gasteiger charge is -2.26. The van der Waals surface area contributed by atoms with Gasteiger partial charge >= 0.3 is 12.1 Å². The smallest absolute Gasteiger partial charge is 0.333 e. The Bertz CT molecular complexity index is 552. The Kier molecular flexibility index (Phi) is 3.32. The van der Waals surface area contributed by atoms with Crippen LogP contribution in [0.25, 0.3) is 0 Å². The van der Waals surface area contributed by atoms with Gasteiger partial charge in [0.2, 0.25) is 0 Å². The monoisotopic (exact) mass is 290 g/mol. The Labute approximate surface area is 114 Å². The summed E-state index contributed by atoms with van der Waals surface area (Å²) >= 11 is 0. The molecule has 1 aliphatic heterocycles. The highest BCUT2D eigenvalue weighted by Crippen LogP contribution is 2.35. The molecule has 0 aliphatic carbocycles. The molecule has 20 heavy (non-hydrogen) atoms. The number of nitrogens with zero attached hydrogens (tertiary/aromatic N) is 3. The van der Waals surface area contributed by atoms with Gasteiger partial charge in [-0.25, -0.2) is 0 Å². The first-order valence-corrected chi connectivity index (χ1v) is 6.22. The van der Waals surface area contributed by atoms with E-state index in [4.69, 9.17) is 5.73 Å². The summed E-state index contributed by atoms with van der Waals surface area (Å²) in [6.07, 6.45) is -4.56. The van der Waals surface area contributed by atoms with Crippen molar-refractivity contribution in [3.05, 3.63) is 17.0 Å². The summed E-state index contributed by atoms with van der Waals surface area (Å²) in [7, 11) is 1.75. The molecule has 112 valence electrons. The van der Waals surface area contributed by atoms with Crippen LogP contribution in [0.5, 0.6) is 0 Å². The van der Waals surface area contributed by atoms with Crippen molar-refractivity contribution in [2.24, 2.45) is 12.8 Å². The number of aryl methyl sites for hydroxylation is 2. The van der Waals surface area contributed by atoms with Crippen LogP contribution in [-0.4, -0.2) is 39.9 Å². The Morgan fingerprint density at radius 2 is 2.00 bits per heavy atom. The molecule has 8 heteroatoms. The predicted molar refractivity (Wildman–Crippen MR) is 65.8 cm³/mol. The molecule has 1 aliphatic rings. The molecule has 5 nitrogen and oxygen atoms in total. The van der Waals surface area contributed by atoms with Crippen molar-refractivity contribution in [1.29, 1.82) is 0 Å². The van der Waals surface area contributed by atoms with Gasteiger partial charge in [-0.15, -0.1) is 0 Å². The predicted octanol–water partition coefficient (Wildman–Crippen LogP) is 0.986. The quantitative estimate of drug-likeness (QED) is 0.838. The summed E-state index contributed by atoms with van der Waals surface area (Å²) in [5, 5.41) is 4.23. The summed E-state index contributed by atoms with van der Waals surface area (Å²) in [4.78, 5) is 12.1. The zero-order valence-electron chi connectivity index (χ0n) is 11.6. The molecular formula is C12H17F3N4O. The van der Waals surface area contributed by atoms with Crippen LogP contribution in [-0.2, 0) is 17.4 Å². The van der Waals surface area contributed by atoms with Crippen LogP contribution in [0.2, 0.25) is 0 Å². The van der Waals surface area contributed by atoms with Gasteiger partial charge in [0.05, 0.1) is 11.2 Å². The van der Waals surface area contributed by atoms with Gasteiger partial charge in [-0.2, -0.15) is 18.3 Å². The molecule has 0 aromatic carbocycles. The summed E-state index contributed by atoms with van der Waals surface area (Å²) in [6.45, 7) is 3.45. The van der Waals surface area contributed by atoms with E-state index in [1.54, 1.807) is 18.7 Å². The standard InChI is InChI=1S/C12H17F3N4O/c1-7-9(8(2)18(3)17-7)11(16)4-5-19(6-11)10(20)12(13,14)15/h4-6,16H2,1-3H3. The van der Waals surface area contributed by atoms with E-state index >= 15 is 0 Å². The van der Waals surface area contributed by atoms with E-state index in [1.165, 1.54) is 0 Å². The van der Waals surface area contributed by atoms with Crippen LogP contribution in [0.1, 0.15) is 23.4 Å². The van der Waals surface area contributed by atoms with Gasteiger partial charge in [0, 0.05) is 31.4 Å². The van der Waals surface area contributed by atoms with Crippen LogP contribution in [0.15, 0.2) is 0 Å². The number of rotatable bonds is 1. The first-order valence-electron chi connectivity index (χ1n) is 6.22. The zero-order valence-corrected chi connectivity index (χ0v) is 11.6. The van der Waals surface area contributed by atoms with Crippen LogP contribution in [0, 0.1) is 13.8 Å². The number of aromatic nitrogens is 2. The molecule has 1 fully saturated rings. The third-order valence-corrected chi connectivity index (χ3v) is 3.84. The van der Waals surface area contributed by atoms with E-state index in [0.717, 1.165) is 16.2 Å². The Morgan fingerprint density at radius 3 is 2.45 bits per heavy atom. The van der Waals surface area contributed by atoms with Gasteiger partial charge in [-0.1, -0.05) is 0 Å². The molecule has 1 unspecified atom stereocenters. The molecule has 1 saturated heterocycles. The maximum atomic E-state index is 12.5. The Hall–Kier alpha value is -1.57. The summed E-state index contributed by atoms with van der Waals surface area (Å²) in [6, 6.07) is 0. The van der Waals surface area contributed by atoms with Crippen molar-refractivity contribution in [1.82, 2.24) is 14.7 Å². The molecule has 0 radical (unpaired) electrons. The average molecular weight is 290 g/mol. The van der Waals surface area contributed by atoms with E-state index in [2.05, 4.69) is 5.10 Å². The van der Waals surface area contributed by atoms with Gasteiger partial charge < -0.3 is 10.6 Å². The second-order valence-electron chi connectivity index (χ2n) is 5.30. The maximum absolute atomic E-state index is 12.5. The lowest BCUT2D eigenvalue weighted by molar-refractivity contribution is -0.184. The van der Waals surface area contributed by atoms with Crippen molar-refractivity contribution < 1.29 is 18.0 Å². The molecule has 2 N–H and O–H groups in total. The van der Waals surface area contributed by atoms with E-state index < -0.39 is 17.6 Å². The molecule has 1 aromatic rings. The molecule has 2 rings (SSSR count). The third kappa shape index (κ3) is 2.28. The van der Waals surface area contributed by atoms with Crippen molar-refractivity contribution in [3.8, 4) is 0 Å². The average Bonchev–Trinajstić information content (AvgIpc) is 2.80. The number of hydrogen-bond acceptors (Lipinski definition) is 3. The number of halogens is 3. The number of hydrogen-bond donors (Lipinski definition) is 1. The first kappa shape index (κ1) is 14.8. The molecule has 1 atom stereocenters. The minimum Gasteiger partial charge on any atom is -0.333 e. The second-order valence-corrected chi connectivity index (χ2v) is 5.30. The largest absolute Gasteiger partial charge is 0.471 e. The van der Waals surface area contributed by atoms with Crippen molar-refractivity contribution in [3.63, 3.8) is 0 Å². The number of likely N-dealkylation sites (tertiary alicyclic amines) is 1. The fraction of sp³-hybridized carbons (Fsp3) is 0.667. The maximum Gasteiger partial charge on any atom is 0.471 e. The van der Waals surface area contributed by atoms with E-state index in [9.17, 15) is 18.0 Å². The summed E-state index contributed by atoms with van der Waals surface area (Å²) < 4.78 is 39.1. The van der Waals surface area contributed by atoms with E-state index in [0.29, 0.717) is 12.1 Å². The molecule has 1 amide bonds. The van der Waals surface area contributed by atoms with Crippen molar-refractivity contribution >= 4 is 5.91 Å². The van der Waals surface area contributed by atoms with Crippen LogP contribution >= 0.6 is 0 Å². The number of alkyl halides is 3. The fourth-order valence-electron chi connectivity index (χ4n) is 2.88. The van der Waals surface area contributed by atoms with Crippen LogP contribution < -0.4 is 5.73 Å². The third-order valence-electron chi connectivity index (χ3n) is 3.84. The normalized spacial score (nSPS) is 23.4. The van der Waals surface area contributed by atoms with Gasteiger partial charge in [0.25, 0.3) is 0 Å². The summed E-state index contributed by atoms with van der Waals surface area (Å²) in [5.74, 6) is -1.83. The molecule has 1 aromatic heterocycles. The van der Waals surface area contributed by atoms with Gasteiger partial charge in [-0.3, -0.25) is 9.48 Å². The molecule has 0 bridgehead atoms. The fourth-order valence-corrected chi connectivity index (χ4v) is 2.88. The van der Waals surface area contributed by atoms with Gasteiger partial charge in [0.1, 0.15) is 0 Å². The van der Waals surface area contributed by atoms with E-state index in [1.807, 2.05) is 6.92 Å². The highest BCUT2D eigenvalue weighted by Gasteiger charge is 2.49. The number of amides is 1. The number of carbonyl (C=O) groups is 1. The van der Waals surface area contributed by atoms with Gasteiger partial charge in [0.15, 0.2) is 0 Å². The SMILES string of the molecule is Cc1nn(C)c(C)c1C1(N)CCN(C(=O)C(F)(F)F)C1. The lowest BCUT2D eigenvalue weighted by atomic mass is 9.88. The van der Waals surface area contributed by atoms with Crippen LogP contribution in [0.4, 0.5) is 13.2 Å². The lowest BCUT2D eigenvalue weighted by Crippen LogP contribution is -2.45. The Morgan fingerprint density at radius 1 is 1.40 bits per heavy atom. The molecule has 0 spiro atoms. The van der Waals surface area contributed by atoms with Crippen LogP contribution in [0.3, 0.4) is 0 Å². The topological polar surface area (TPSA) is 64.2 Å². The minimum atomic E-state index is -4.86. The molecular weight excluding hydrogens is 273 g/mol. The number of carbonyl (C=O) groups excluding carboxylic acids is 1. The minimum absolute atomic E-state index is 0.00260. The summed E-state index contributed by atoms with van der Waals surface area (Å²) in [5.41, 5.74) is 7.52. The molecule has 0 saturated carbocycles. The highest BCUT2D eigenvalue weighted by atomic mass is 19.4. The Balaban J connectivity index is 2.29. The van der Waals surface area contributed by atoms with E-state index in [-0.39, 0.29) is 13.1 Å². The molecule has 2 heterocycles. The number of nitrogens with two attached hydrogens (primary N) is 1.